The van der Waals surface area contributed by atoms with Crippen molar-refractivity contribution in [3.05, 3.63) is 35.4 Å². The average Bonchev–Trinajstić information content (AvgIpc) is 2.71. The van der Waals surface area contributed by atoms with E-state index in [-0.39, 0.29) is 0 Å². The number of aryl methyl sites for hydroxylation is 1. The average molecular weight is 582 g/mol. The van der Waals surface area contributed by atoms with Crippen LogP contribution in [0.15, 0.2) is 24.3 Å². The second-order valence-corrected chi connectivity index (χ2v) is 7.40. The van der Waals surface area contributed by atoms with E-state index in [9.17, 15) is 79.4 Å². The van der Waals surface area contributed by atoms with Crippen LogP contribution in [-0.4, -0.2) is 60.2 Å². The van der Waals surface area contributed by atoms with E-state index < -0.39 is 72.2 Å². The Morgan fingerprint density at radius 1 is 0.649 bits per heavy atom. The van der Waals surface area contributed by atoms with E-state index in [4.69, 9.17) is 0 Å². The van der Waals surface area contributed by atoms with Gasteiger partial charge in [0.2, 0.25) is 0 Å². The van der Waals surface area contributed by atoms with E-state index in [1.165, 1.54) is 19.1 Å². The largest absolute Gasteiger partial charge is 0.462 e. The summed E-state index contributed by atoms with van der Waals surface area (Å²) in [6, 6.07) is 4.63. The van der Waals surface area contributed by atoms with E-state index in [0.29, 0.717) is 5.56 Å². The first-order valence-electron chi connectivity index (χ1n) is 9.08. The van der Waals surface area contributed by atoms with Crippen molar-refractivity contribution in [1.82, 2.24) is 0 Å². The van der Waals surface area contributed by atoms with Gasteiger partial charge in [0.1, 0.15) is 0 Å². The molecular formula is C18H11F17O2. The standard InChI is InChI=1S/C18H11F17O2/c1-8-3-2-4-9(7-8)10(36)37-6-5-11(19,20)12(21,22)13(23,24)14(25,26)15(27,28)16(29,30)17(31,32)18(33,34)35/h2-4,7H,5-6H2,1H3. The number of esters is 1. The summed E-state index contributed by atoms with van der Waals surface area (Å²) in [4.78, 5) is 11.6. The summed E-state index contributed by atoms with van der Waals surface area (Å²) in [7, 11) is 0. The molecule has 1 aromatic rings. The molecule has 214 valence electrons. The first kappa shape index (κ1) is 32.5. The molecule has 0 unspecified atom stereocenters. The first-order chi connectivity index (χ1) is 16.1. The number of benzene rings is 1. The third-order valence-electron chi connectivity index (χ3n) is 4.69. The van der Waals surface area contributed by atoms with Crippen LogP contribution in [0.5, 0.6) is 0 Å². The van der Waals surface area contributed by atoms with Crippen molar-refractivity contribution in [3.63, 3.8) is 0 Å². The van der Waals surface area contributed by atoms with Gasteiger partial charge in [0.15, 0.2) is 0 Å². The molecule has 1 aromatic carbocycles. The molecule has 0 fully saturated rings. The van der Waals surface area contributed by atoms with Crippen LogP contribution in [0.1, 0.15) is 22.3 Å². The van der Waals surface area contributed by atoms with E-state index >= 15 is 0 Å². The minimum atomic E-state index is -8.68. The van der Waals surface area contributed by atoms with Crippen LogP contribution in [0.4, 0.5) is 74.6 Å². The number of ether oxygens (including phenoxy) is 1. The minimum absolute atomic E-state index is 0.363. The van der Waals surface area contributed by atoms with Crippen LogP contribution in [0.25, 0.3) is 0 Å². The lowest BCUT2D eigenvalue weighted by Gasteiger charge is -2.42. The van der Waals surface area contributed by atoms with Crippen molar-refractivity contribution in [2.75, 3.05) is 6.61 Å². The quantitative estimate of drug-likeness (QED) is 0.211. The first-order valence-corrected chi connectivity index (χ1v) is 9.08. The summed E-state index contributed by atoms with van der Waals surface area (Å²) in [5, 5.41) is 0. The molecule has 0 amide bonds. The summed E-state index contributed by atoms with van der Waals surface area (Å²) in [6.45, 7) is -0.590. The lowest BCUT2D eigenvalue weighted by Crippen LogP contribution is -2.74. The van der Waals surface area contributed by atoms with E-state index in [1.54, 1.807) is 0 Å². The molecule has 2 nitrogen and oxygen atoms in total. The number of halogens is 17. The molecule has 0 spiro atoms. The molecule has 0 atom stereocenters. The van der Waals surface area contributed by atoms with Gasteiger partial charge in [0.05, 0.1) is 18.6 Å². The molecule has 0 aliphatic carbocycles. The van der Waals surface area contributed by atoms with Crippen molar-refractivity contribution in [2.24, 2.45) is 0 Å². The predicted octanol–water partition coefficient (Wildman–Crippen LogP) is 7.55. The summed E-state index contributed by atoms with van der Waals surface area (Å²) in [5.41, 5.74) is -0.0542. The smallest absolute Gasteiger partial charge is 0.460 e. The summed E-state index contributed by atoms with van der Waals surface area (Å²) in [6.07, 6.45) is -10.6. The van der Waals surface area contributed by atoms with Gasteiger partial charge in [-0.2, -0.15) is 74.6 Å². The van der Waals surface area contributed by atoms with Gasteiger partial charge in [0, 0.05) is 0 Å². The van der Waals surface area contributed by atoms with Crippen molar-refractivity contribution in [2.45, 2.75) is 61.0 Å². The van der Waals surface area contributed by atoms with Gasteiger partial charge in [0.25, 0.3) is 0 Å². The van der Waals surface area contributed by atoms with E-state index in [1.807, 2.05) is 0 Å². The lowest BCUT2D eigenvalue weighted by molar-refractivity contribution is -0.461. The maximum Gasteiger partial charge on any atom is 0.460 e. The van der Waals surface area contributed by atoms with Gasteiger partial charge in [-0.1, -0.05) is 17.7 Å². The molecule has 19 heteroatoms. The zero-order chi connectivity index (χ0) is 29.7. The van der Waals surface area contributed by atoms with Gasteiger partial charge in [-0.3, -0.25) is 0 Å². The zero-order valence-corrected chi connectivity index (χ0v) is 17.5. The number of carbonyl (C=O) groups is 1. The SMILES string of the molecule is Cc1cccc(C(=O)OCCC(F)(F)C(F)(F)C(F)(F)C(F)(F)C(F)(F)C(F)(F)C(F)(F)C(F)(F)F)c1. The van der Waals surface area contributed by atoms with E-state index in [2.05, 4.69) is 4.74 Å². The van der Waals surface area contributed by atoms with Crippen molar-refractivity contribution in [1.29, 1.82) is 0 Å². The van der Waals surface area contributed by atoms with Crippen LogP contribution in [0.2, 0.25) is 0 Å². The molecule has 0 aliphatic rings. The molecule has 0 saturated carbocycles. The normalized spacial score (nSPS) is 15.1. The van der Waals surface area contributed by atoms with Gasteiger partial charge in [-0.15, -0.1) is 0 Å². The van der Waals surface area contributed by atoms with Crippen LogP contribution in [-0.2, 0) is 4.74 Å². The Hall–Kier alpha value is -2.50. The Kier molecular flexibility index (Phi) is 8.22. The lowest BCUT2D eigenvalue weighted by atomic mass is 9.88. The molecule has 37 heavy (non-hydrogen) atoms. The molecule has 0 saturated heterocycles. The maximum atomic E-state index is 13.7. The summed E-state index contributed by atoms with van der Waals surface area (Å²) in [5.74, 6) is -58.4. The van der Waals surface area contributed by atoms with Crippen molar-refractivity contribution < 1.29 is 84.2 Å². The Morgan fingerprint density at radius 2 is 1.05 bits per heavy atom. The summed E-state index contributed by atoms with van der Waals surface area (Å²) < 4.78 is 228. The van der Waals surface area contributed by atoms with Gasteiger partial charge < -0.3 is 4.74 Å². The second-order valence-electron chi connectivity index (χ2n) is 7.40. The Bertz CT molecular complexity index is 981. The van der Waals surface area contributed by atoms with Crippen LogP contribution < -0.4 is 0 Å². The fourth-order valence-electron chi connectivity index (χ4n) is 2.48. The number of hydrogen-bond acceptors (Lipinski definition) is 2. The Balaban J connectivity index is 3.30. The Labute approximate surface area is 194 Å². The number of hydrogen-bond donors (Lipinski definition) is 0. The molecule has 0 aromatic heterocycles. The van der Waals surface area contributed by atoms with E-state index in [0.717, 1.165) is 12.1 Å². The highest BCUT2D eigenvalue weighted by molar-refractivity contribution is 5.89. The molecule has 0 bridgehead atoms. The number of rotatable bonds is 10. The molecule has 0 radical (unpaired) electrons. The van der Waals surface area contributed by atoms with Gasteiger partial charge in [-0.05, 0) is 19.1 Å². The van der Waals surface area contributed by atoms with Gasteiger partial charge >= 0.3 is 53.6 Å². The summed E-state index contributed by atoms with van der Waals surface area (Å²) >= 11 is 0. The monoisotopic (exact) mass is 582 g/mol. The van der Waals surface area contributed by atoms with Crippen LogP contribution >= 0.6 is 0 Å². The molecular weight excluding hydrogens is 571 g/mol. The molecule has 0 N–H and O–H groups in total. The van der Waals surface area contributed by atoms with Crippen molar-refractivity contribution >= 4 is 5.97 Å². The Morgan fingerprint density at radius 3 is 1.46 bits per heavy atom. The van der Waals surface area contributed by atoms with Gasteiger partial charge in [-0.25, -0.2) is 4.79 Å². The minimum Gasteiger partial charge on any atom is -0.462 e. The third kappa shape index (κ3) is 5.00. The van der Waals surface area contributed by atoms with Crippen LogP contribution in [0.3, 0.4) is 0 Å². The second kappa shape index (κ2) is 9.36. The molecule has 0 heterocycles. The molecule has 0 aliphatic heterocycles. The zero-order valence-electron chi connectivity index (χ0n) is 17.5. The van der Waals surface area contributed by atoms with Crippen LogP contribution in [0, 0.1) is 6.92 Å². The highest BCUT2D eigenvalue weighted by Crippen LogP contribution is 2.64. The highest BCUT2D eigenvalue weighted by atomic mass is 19.4. The predicted molar refractivity (Wildman–Crippen MR) is 86.8 cm³/mol. The fraction of sp³-hybridized carbons (Fsp3) is 0.611. The number of carbonyl (C=O) groups excluding carboxylic acids is 1. The van der Waals surface area contributed by atoms with Crippen molar-refractivity contribution in [3.8, 4) is 0 Å². The third-order valence-corrected chi connectivity index (χ3v) is 4.69. The molecule has 1 rings (SSSR count). The topological polar surface area (TPSA) is 26.3 Å². The highest BCUT2D eigenvalue weighted by Gasteiger charge is 2.95. The number of alkyl halides is 17. The maximum absolute atomic E-state index is 13.7. The fourth-order valence-corrected chi connectivity index (χ4v) is 2.48.